The van der Waals surface area contributed by atoms with Crippen LogP contribution in [-0.4, -0.2) is 31.4 Å². The molecule has 0 aromatic heterocycles. The molecule has 0 spiro atoms. The van der Waals surface area contributed by atoms with E-state index in [0.717, 1.165) is 6.42 Å². The van der Waals surface area contributed by atoms with Gasteiger partial charge in [-0.15, -0.1) is 0 Å². The summed E-state index contributed by atoms with van der Waals surface area (Å²) in [4.78, 5) is 34.8. The Kier molecular flexibility index (Phi) is 6.78. The number of amides is 2. The summed E-state index contributed by atoms with van der Waals surface area (Å²) in [6, 6.07) is 6.58. The minimum absolute atomic E-state index is 0.00444. The summed E-state index contributed by atoms with van der Waals surface area (Å²) in [6.07, 6.45) is 6.52. The van der Waals surface area contributed by atoms with E-state index in [-0.39, 0.29) is 18.4 Å². The summed E-state index contributed by atoms with van der Waals surface area (Å²) in [5.74, 6) is -0.171. The van der Waals surface area contributed by atoms with Gasteiger partial charge in [0.05, 0.1) is 7.11 Å². The van der Waals surface area contributed by atoms with Gasteiger partial charge in [-0.3, -0.25) is 14.4 Å². The largest absolute Gasteiger partial charge is 0.468 e. The number of benzene rings is 1. The number of rotatable bonds is 7. The normalized spacial score (nSPS) is 14.2. The minimum atomic E-state index is -0.505. The van der Waals surface area contributed by atoms with Crippen molar-refractivity contribution in [2.75, 3.05) is 19.0 Å². The van der Waals surface area contributed by atoms with E-state index in [1.807, 2.05) is 0 Å². The highest BCUT2D eigenvalue weighted by Crippen LogP contribution is 2.28. The van der Waals surface area contributed by atoms with Crippen molar-refractivity contribution >= 4 is 23.5 Å². The smallest absolute Gasteiger partial charge is 0.325 e. The van der Waals surface area contributed by atoms with E-state index >= 15 is 0 Å². The third kappa shape index (κ3) is 5.68. The van der Waals surface area contributed by atoms with Gasteiger partial charge in [-0.1, -0.05) is 25.7 Å². The van der Waals surface area contributed by atoms with Crippen molar-refractivity contribution in [3.8, 4) is 0 Å². The van der Waals surface area contributed by atoms with Crippen molar-refractivity contribution in [1.82, 2.24) is 5.32 Å². The maximum atomic E-state index is 12.0. The standard InChI is InChI=1S/C18H24N2O4/c1-24-17(22)12-19-18(23)14-7-9-15(10-8-14)20-16(21)11-6-13-4-2-3-5-13/h7-10,13H,2-6,11-12H2,1H3,(H,19,23)(H,20,21). The first-order valence-electron chi connectivity index (χ1n) is 8.33. The summed E-state index contributed by atoms with van der Waals surface area (Å²) < 4.78 is 4.46. The van der Waals surface area contributed by atoms with Crippen molar-refractivity contribution in [2.45, 2.75) is 38.5 Å². The van der Waals surface area contributed by atoms with Crippen molar-refractivity contribution < 1.29 is 19.1 Å². The molecule has 1 fully saturated rings. The van der Waals surface area contributed by atoms with Crippen LogP contribution in [0.2, 0.25) is 0 Å². The number of methoxy groups -OCH3 is 1. The summed E-state index contributed by atoms with van der Waals surface area (Å²) in [5, 5.41) is 5.31. The highest BCUT2D eigenvalue weighted by Gasteiger charge is 2.16. The maximum absolute atomic E-state index is 12.0. The topological polar surface area (TPSA) is 84.5 Å². The minimum Gasteiger partial charge on any atom is -0.468 e. The van der Waals surface area contributed by atoms with Gasteiger partial charge in [-0.2, -0.15) is 0 Å². The van der Waals surface area contributed by atoms with E-state index in [2.05, 4.69) is 15.4 Å². The Balaban J connectivity index is 1.77. The molecule has 0 heterocycles. The molecule has 2 N–H and O–H groups in total. The van der Waals surface area contributed by atoms with Crippen LogP contribution in [0, 0.1) is 5.92 Å². The van der Waals surface area contributed by atoms with Gasteiger partial charge in [0.25, 0.3) is 5.91 Å². The lowest BCUT2D eigenvalue weighted by atomic mass is 10.0. The lowest BCUT2D eigenvalue weighted by Crippen LogP contribution is -2.30. The zero-order chi connectivity index (χ0) is 17.4. The second-order valence-electron chi connectivity index (χ2n) is 6.07. The van der Waals surface area contributed by atoms with Crippen LogP contribution in [0.25, 0.3) is 0 Å². The SMILES string of the molecule is COC(=O)CNC(=O)c1ccc(NC(=O)CCC2CCCC2)cc1. The number of carbonyl (C=O) groups excluding carboxylic acids is 3. The lowest BCUT2D eigenvalue weighted by Gasteiger charge is -2.09. The van der Waals surface area contributed by atoms with E-state index in [1.165, 1.54) is 32.8 Å². The van der Waals surface area contributed by atoms with Crippen LogP contribution in [0.5, 0.6) is 0 Å². The first-order chi connectivity index (χ1) is 11.6. The van der Waals surface area contributed by atoms with E-state index in [4.69, 9.17) is 0 Å². The highest BCUT2D eigenvalue weighted by molar-refractivity contribution is 5.97. The van der Waals surface area contributed by atoms with Gasteiger partial charge in [0.1, 0.15) is 6.54 Å². The fourth-order valence-corrected chi connectivity index (χ4v) is 2.89. The molecule has 0 radical (unpaired) electrons. The molecule has 0 aliphatic heterocycles. The van der Waals surface area contributed by atoms with Crippen LogP contribution in [-0.2, 0) is 14.3 Å². The zero-order valence-corrected chi connectivity index (χ0v) is 14.0. The van der Waals surface area contributed by atoms with Gasteiger partial charge >= 0.3 is 5.97 Å². The summed E-state index contributed by atoms with van der Waals surface area (Å²) in [7, 11) is 1.26. The monoisotopic (exact) mass is 332 g/mol. The van der Waals surface area contributed by atoms with Crippen LogP contribution < -0.4 is 10.6 Å². The van der Waals surface area contributed by atoms with Crippen molar-refractivity contribution in [3.05, 3.63) is 29.8 Å². The first-order valence-corrected chi connectivity index (χ1v) is 8.33. The van der Waals surface area contributed by atoms with E-state index in [1.54, 1.807) is 24.3 Å². The first kappa shape index (κ1) is 18.0. The maximum Gasteiger partial charge on any atom is 0.325 e. The lowest BCUT2D eigenvalue weighted by molar-refractivity contribution is -0.139. The average molecular weight is 332 g/mol. The Morgan fingerprint density at radius 2 is 1.79 bits per heavy atom. The number of anilines is 1. The molecule has 0 unspecified atom stereocenters. The van der Waals surface area contributed by atoms with Crippen LogP contribution in [0.1, 0.15) is 48.9 Å². The van der Waals surface area contributed by atoms with Gasteiger partial charge in [0.2, 0.25) is 5.91 Å². The predicted molar refractivity (Wildman–Crippen MR) is 90.6 cm³/mol. The molecule has 2 rings (SSSR count). The highest BCUT2D eigenvalue weighted by atomic mass is 16.5. The Morgan fingerprint density at radius 3 is 2.42 bits per heavy atom. The second kappa shape index (κ2) is 9.05. The molecular formula is C18H24N2O4. The van der Waals surface area contributed by atoms with E-state index in [9.17, 15) is 14.4 Å². The fraction of sp³-hybridized carbons (Fsp3) is 0.500. The number of esters is 1. The number of hydrogen-bond donors (Lipinski definition) is 2. The van der Waals surface area contributed by atoms with Crippen LogP contribution in [0.15, 0.2) is 24.3 Å². The summed E-state index contributed by atoms with van der Waals surface area (Å²) in [6.45, 7) is -0.172. The number of hydrogen-bond acceptors (Lipinski definition) is 4. The fourth-order valence-electron chi connectivity index (χ4n) is 2.89. The molecule has 0 bridgehead atoms. The zero-order valence-electron chi connectivity index (χ0n) is 14.0. The van der Waals surface area contributed by atoms with Crippen molar-refractivity contribution in [2.24, 2.45) is 5.92 Å². The molecule has 1 aliphatic carbocycles. The van der Waals surface area contributed by atoms with Crippen molar-refractivity contribution in [3.63, 3.8) is 0 Å². The molecule has 1 aromatic rings. The van der Waals surface area contributed by atoms with Gasteiger partial charge < -0.3 is 15.4 Å². The van der Waals surface area contributed by atoms with Gasteiger partial charge in [0.15, 0.2) is 0 Å². The molecular weight excluding hydrogens is 308 g/mol. The molecule has 2 amide bonds. The molecule has 1 saturated carbocycles. The predicted octanol–water partition coefficient (Wildman–Crippen LogP) is 2.50. The third-order valence-corrected chi connectivity index (χ3v) is 4.31. The Labute approximate surface area is 142 Å². The number of carbonyl (C=O) groups is 3. The summed E-state index contributed by atoms with van der Waals surface area (Å²) >= 11 is 0. The molecule has 0 atom stereocenters. The summed E-state index contributed by atoms with van der Waals surface area (Å²) in [5.41, 5.74) is 1.08. The molecule has 1 aromatic carbocycles. The molecule has 6 heteroatoms. The molecule has 130 valence electrons. The van der Waals surface area contributed by atoms with Crippen molar-refractivity contribution in [1.29, 1.82) is 0 Å². The Hall–Kier alpha value is -2.37. The molecule has 24 heavy (non-hydrogen) atoms. The second-order valence-corrected chi connectivity index (χ2v) is 6.07. The van der Waals surface area contributed by atoms with Crippen LogP contribution in [0.3, 0.4) is 0 Å². The third-order valence-electron chi connectivity index (χ3n) is 4.31. The molecule has 1 aliphatic rings. The molecule has 6 nitrogen and oxygen atoms in total. The Bertz CT molecular complexity index is 577. The molecule has 0 saturated heterocycles. The number of ether oxygens (including phenoxy) is 1. The average Bonchev–Trinajstić information content (AvgIpc) is 3.11. The Morgan fingerprint density at radius 1 is 1.12 bits per heavy atom. The van der Waals surface area contributed by atoms with Gasteiger partial charge in [-0.05, 0) is 36.6 Å². The van der Waals surface area contributed by atoms with E-state index < -0.39 is 5.97 Å². The van der Waals surface area contributed by atoms with E-state index in [0.29, 0.717) is 23.6 Å². The van der Waals surface area contributed by atoms with Gasteiger partial charge in [-0.25, -0.2) is 0 Å². The van der Waals surface area contributed by atoms with Crippen LogP contribution in [0.4, 0.5) is 5.69 Å². The van der Waals surface area contributed by atoms with Crippen LogP contribution >= 0.6 is 0 Å². The number of nitrogens with one attached hydrogen (secondary N) is 2. The quantitative estimate of drug-likeness (QED) is 0.751. The van der Waals surface area contributed by atoms with Gasteiger partial charge in [0, 0.05) is 17.7 Å².